The Balaban J connectivity index is 1.50. The van der Waals surface area contributed by atoms with E-state index in [-0.39, 0.29) is 17.6 Å². The van der Waals surface area contributed by atoms with E-state index in [9.17, 15) is 13.2 Å². The minimum atomic E-state index is -4.50. The van der Waals surface area contributed by atoms with Gasteiger partial charge in [-0.05, 0) is 39.0 Å². The first-order chi connectivity index (χ1) is 17.2. The summed E-state index contributed by atoms with van der Waals surface area (Å²) in [6.45, 7) is 12.6. The number of halogens is 3. The predicted molar refractivity (Wildman–Crippen MR) is 136 cm³/mol. The number of aromatic amines is 1. The van der Waals surface area contributed by atoms with Crippen molar-refractivity contribution in [3.8, 4) is 11.3 Å². The van der Waals surface area contributed by atoms with Crippen molar-refractivity contribution in [2.75, 3.05) is 57.4 Å². The first kappa shape index (κ1) is 25.0. The van der Waals surface area contributed by atoms with Crippen molar-refractivity contribution in [3.63, 3.8) is 0 Å². The molecule has 36 heavy (non-hydrogen) atoms. The maximum Gasteiger partial charge on any atom is 0.418 e. The Bertz CT molecular complexity index is 1190. The highest BCUT2D eigenvalue weighted by Crippen LogP contribution is 2.42. The molecule has 5 rings (SSSR count). The molecule has 2 aromatic heterocycles. The number of nitrogens with one attached hydrogen (secondary N) is 1. The van der Waals surface area contributed by atoms with Crippen LogP contribution in [0.2, 0.25) is 0 Å². The third-order valence-electron chi connectivity index (χ3n) is 7.30. The molecule has 2 aliphatic heterocycles. The summed E-state index contributed by atoms with van der Waals surface area (Å²) in [6, 6.07) is 10.1. The van der Waals surface area contributed by atoms with Gasteiger partial charge in [-0.15, -0.1) is 0 Å². The van der Waals surface area contributed by atoms with Gasteiger partial charge in [0.05, 0.1) is 30.0 Å². The van der Waals surface area contributed by atoms with E-state index in [0.29, 0.717) is 54.8 Å². The SMILES string of the molecule is Cc1cc2[nH]c(CN3CCOCC3)c(C(F)(F)F)c2c(-c2ccc(N3CCN(C(C)C)CC3)cc2)n1. The maximum absolute atomic E-state index is 14.5. The van der Waals surface area contributed by atoms with Crippen LogP contribution < -0.4 is 4.90 Å². The highest BCUT2D eigenvalue weighted by molar-refractivity contribution is 5.97. The van der Waals surface area contributed by atoms with Gasteiger partial charge in [0.15, 0.2) is 0 Å². The average molecular weight is 502 g/mol. The van der Waals surface area contributed by atoms with Crippen LogP contribution >= 0.6 is 0 Å². The number of aromatic nitrogens is 2. The van der Waals surface area contributed by atoms with E-state index in [2.05, 4.69) is 33.6 Å². The number of H-pyrrole nitrogens is 1. The zero-order valence-electron chi connectivity index (χ0n) is 21.2. The van der Waals surface area contributed by atoms with E-state index in [1.807, 2.05) is 36.1 Å². The Morgan fingerprint density at radius 1 is 1.00 bits per heavy atom. The van der Waals surface area contributed by atoms with E-state index in [1.54, 1.807) is 6.07 Å². The monoisotopic (exact) mass is 501 g/mol. The number of aryl methyl sites for hydroxylation is 1. The molecule has 0 amide bonds. The highest BCUT2D eigenvalue weighted by Gasteiger charge is 2.39. The highest BCUT2D eigenvalue weighted by atomic mass is 19.4. The topological polar surface area (TPSA) is 47.6 Å². The second-order valence-electron chi connectivity index (χ2n) is 10.1. The first-order valence-electron chi connectivity index (χ1n) is 12.7. The van der Waals surface area contributed by atoms with E-state index >= 15 is 0 Å². The minimum absolute atomic E-state index is 0.148. The van der Waals surface area contributed by atoms with Crippen LogP contribution in [0.3, 0.4) is 0 Å². The van der Waals surface area contributed by atoms with Crippen molar-refractivity contribution < 1.29 is 17.9 Å². The lowest BCUT2D eigenvalue weighted by molar-refractivity contribution is -0.137. The first-order valence-corrected chi connectivity index (χ1v) is 12.7. The number of rotatable bonds is 5. The second kappa shape index (κ2) is 10.0. The molecule has 9 heteroatoms. The molecular formula is C27H34F3N5O. The Morgan fingerprint density at radius 2 is 1.67 bits per heavy atom. The van der Waals surface area contributed by atoms with Crippen molar-refractivity contribution in [1.29, 1.82) is 0 Å². The van der Waals surface area contributed by atoms with Crippen molar-refractivity contribution in [1.82, 2.24) is 19.8 Å². The number of hydrogen-bond donors (Lipinski definition) is 1. The fraction of sp³-hybridized carbons (Fsp3) is 0.519. The Kier molecular flexibility index (Phi) is 6.98. The molecule has 1 aromatic carbocycles. The molecule has 0 atom stereocenters. The summed E-state index contributed by atoms with van der Waals surface area (Å²) in [5.41, 5.74) is 2.88. The van der Waals surface area contributed by atoms with Gasteiger partial charge in [-0.25, -0.2) is 0 Å². The largest absolute Gasteiger partial charge is 0.418 e. The van der Waals surface area contributed by atoms with E-state index in [1.165, 1.54) is 0 Å². The van der Waals surface area contributed by atoms with Gasteiger partial charge >= 0.3 is 6.18 Å². The summed E-state index contributed by atoms with van der Waals surface area (Å²) in [7, 11) is 0. The van der Waals surface area contributed by atoms with Crippen LogP contribution in [0.1, 0.15) is 30.8 Å². The van der Waals surface area contributed by atoms with Crippen LogP contribution in [0, 0.1) is 6.92 Å². The smallest absolute Gasteiger partial charge is 0.379 e. The van der Waals surface area contributed by atoms with Gasteiger partial charge in [0.25, 0.3) is 0 Å². The molecule has 2 aliphatic rings. The normalized spacial score (nSPS) is 18.5. The van der Waals surface area contributed by atoms with Crippen molar-refractivity contribution in [2.24, 2.45) is 0 Å². The van der Waals surface area contributed by atoms with Crippen molar-refractivity contribution in [2.45, 2.75) is 39.5 Å². The lowest BCUT2D eigenvalue weighted by atomic mass is 10.0. The second-order valence-corrected chi connectivity index (χ2v) is 10.1. The summed E-state index contributed by atoms with van der Waals surface area (Å²) in [4.78, 5) is 14.5. The number of nitrogens with zero attached hydrogens (tertiary/aromatic N) is 4. The van der Waals surface area contributed by atoms with Crippen LogP contribution in [0.25, 0.3) is 22.2 Å². The van der Waals surface area contributed by atoms with Gasteiger partial charge < -0.3 is 14.6 Å². The van der Waals surface area contributed by atoms with Crippen LogP contribution in [-0.2, 0) is 17.5 Å². The average Bonchev–Trinajstić information content (AvgIpc) is 3.22. The molecule has 1 N–H and O–H groups in total. The van der Waals surface area contributed by atoms with Crippen LogP contribution in [0.5, 0.6) is 0 Å². The van der Waals surface area contributed by atoms with Gasteiger partial charge in [-0.2, -0.15) is 13.2 Å². The van der Waals surface area contributed by atoms with Crippen molar-refractivity contribution in [3.05, 3.63) is 47.3 Å². The van der Waals surface area contributed by atoms with Crippen LogP contribution in [0.4, 0.5) is 18.9 Å². The lowest BCUT2D eigenvalue weighted by Crippen LogP contribution is -2.48. The zero-order chi connectivity index (χ0) is 25.4. The molecule has 6 nitrogen and oxygen atoms in total. The van der Waals surface area contributed by atoms with Crippen LogP contribution in [-0.4, -0.2) is 78.3 Å². The van der Waals surface area contributed by atoms with Gasteiger partial charge in [-0.3, -0.25) is 14.8 Å². The molecule has 0 unspecified atom stereocenters. The van der Waals surface area contributed by atoms with Gasteiger partial charge in [0, 0.05) is 79.9 Å². The van der Waals surface area contributed by atoms with E-state index < -0.39 is 11.7 Å². The fourth-order valence-corrected chi connectivity index (χ4v) is 5.35. The zero-order valence-corrected chi connectivity index (χ0v) is 21.2. The summed E-state index contributed by atoms with van der Waals surface area (Å²) in [5, 5.41) is 0.148. The number of pyridine rings is 1. The number of piperazine rings is 1. The van der Waals surface area contributed by atoms with Gasteiger partial charge in [0.2, 0.25) is 0 Å². The standard InChI is InChI=1S/C27H34F3N5O/c1-18(2)34-8-10-35(11-9-34)21-6-4-20(5-7-21)26-24-22(16-19(3)31-26)32-23(25(24)27(28,29)30)17-33-12-14-36-15-13-33/h4-7,16,18,32H,8-15,17H2,1-3H3. The lowest BCUT2D eigenvalue weighted by Gasteiger charge is -2.38. The Morgan fingerprint density at radius 3 is 2.28 bits per heavy atom. The predicted octanol–water partition coefficient (Wildman–Crippen LogP) is 4.92. The van der Waals surface area contributed by atoms with E-state index in [0.717, 1.165) is 31.9 Å². The molecule has 0 spiro atoms. The third-order valence-corrected chi connectivity index (χ3v) is 7.30. The summed E-state index contributed by atoms with van der Waals surface area (Å²) in [5.74, 6) is 0. The molecule has 0 radical (unpaired) electrons. The third kappa shape index (κ3) is 5.10. The Labute approximate surface area is 210 Å². The molecule has 4 heterocycles. The van der Waals surface area contributed by atoms with Crippen LogP contribution in [0.15, 0.2) is 30.3 Å². The molecule has 194 valence electrons. The number of hydrogen-bond acceptors (Lipinski definition) is 5. The number of morpholine rings is 1. The number of anilines is 1. The van der Waals surface area contributed by atoms with Gasteiger partial charge in [-0.1, -0.05) is 12.1 Å². The molecule has 2 saturated heterocycles. The molecule has 0 bridgehead atoms. The number of ether oxygens (including phenoxy) is 1. The number of fused-ring (bicyclic) bond motifs is 1. The number of benzene rings is 1. The quantitative estimate of drug-likeness (QED) is 0.538. The Hall–Kier alpha value is -2.62. The molecule has 0 saturated carbocycles. The molecule has 2 fully saturated rings. The fourth-order valence-electron chi connectivity index (χ4n) is 5.35. The number of alkyl halides is 3. The minimum Gasteiger partial charge on any atom is -0.379 e. The van der Waals surface area contributed by atoms with Gasteiger partial charge in [0.1, 0.15) is 0 Å². The molecular weight excluding hydrogens is 467 g/mol. The summed E-state index contributed by atoms with van der Waals surface area (Å²) in [6.07, 6.45) is -4.50. The summed E-state index contributed by atoms with van der Waals surface area (Å²) >= 11 is 0. The molecule has 3 aromatic rings. The molecule has 0 aliphatic carbocycles. The maximum atomic E-state index is 14.5. The summed E-state index contributed by atoms with van der Waals surface area (Å²) < 4.78 is 48.7. The van der Waals surface area contributed by atoms with E-state index in [4.69, 9.17) is 4.74 Å². The van der Waals surface area contributed by atoms with Crippen molar-refractivity contribution >= 4 is 16.6 Å².